The quantitative estimate of drug-likeness (QED) is 0.575. The maximum atomic E-state index is 12.8. The molecule has 2 aromatic rings. The summed E-state index contributed by atoms with van der Waals surface area (Å²) in [5, 5.41) is 22.4. The third kappa shape index (κ3) is 4.05. The summed E-state index contributed by atoms with van der Waals surface area (Å²) in [6, 6.07) is 10.9. The topological polar surface area (TPSA) is 127 Å². The summed E-state index contributed by atoms with van der Waals surface area (Å²) in [7, 11) is 0. The number of hydrogen-bond donors (Lipinski definition) is 0. The minimum Gasteiger partial charge on any atom is -0.335 e. The Balaban J connectivity index is 1.76. The Kier molecular flexibility index (Phi) is 5.53. The van der Waals surface area contributed by atoms with Gasteiger partial charge >= 0.3 is 0 Å². The van der Waals surface area contributed by atoms with E-state index >= 15 is 0 Å². The molecule has 0 radical (unpaired) electrons. The number of carbonyl (C=O) groups is 2. The molecule has 1 heterocycles. The van der Waals surface area contributed by atoms with Crippen LogP contribution in [0.3, 0.4) is 0 Å². The van der Waals surface area contributed by atoms with Crippen LogP contribution in [0.4, 0.5) is 11.4 Å². The number of hydrogen-bond acceptors (Lipinski definition) is 6. The molecule has 0 N–H and O–H groups in total. The smallest absolute Gasteiger partial charge is 0.279 e. The zero-order valence-corrected chi connectivity index (χ0v) is 15.6. The van der Waals surface area contributed by atoms with Gasteiger partial charge in [0.2, 0.25) is 0 Å². The van der Waals surface area contributed by atoms with Crippen LogP contribution in [0.15, 0.2) is 42.5 Å². The average Bonchev–Trinajstić information content (AvgIpc) is 2.73. The van der Waals surface area contributed by atoms with E-state index in [1.54, 1.807) is 29.2 Å². The highest BCUT2D eigenvalue weighted by Gasteiger charge is 2.29. The molecule has 1 aliphatic rings. The van der Waals surface area contributed by atoms with Crippen molar-refractivity contribution >= 4 is 23.2 Å². The second-order valence-electron chi connectivity index (χ2n) is 6.60. The van der Waals surface area contributed by atoms with E-state index in [9.17, 15) is 29.8 Å². The van der Waals surface area contributed by atoms with Crippen LogP contribution in [0.1, 0.15) is 26.3 Å². The van der Waals surface area contributed by atoms with E-state index in [2.05, 4.69) is 0 Å². The molecule has 29 heavy (non-hydrogen) atoms. The van der Waals surface area contributed by atoms with Crippen molar-refractivity contribution in [3.63, 3.8) is 0 Å². The van der Waals surface area contributed by atoms with Gasteiger partial charge in [0.25, 0.3) is 23.2 Å². The predicted octanol–water partition coefficient (Wildman–Crippen LogP) is 2.41. The number of piperazine rings is 1. The van der Waals surface area contributed by atoms with Gasteiger partial charge in [-0.1, -0.05) is 18.2 Å². The largest absolute Gasteiger partial charge is 0.335 e. The molecular weight excluding hydrogens is 380 g/mol. The fraction of sp³-hybridized carbons (Fsp3) is 0.263. The Morgan fingerprint density at radius 1 is 0.793 bits per heavy atom. The number of nitro benzene ring substituents is 2. The first-order valence-electron chi connectivity index (χ1n) is 8.86. The van der Waals surface area contributed by atoms with Gasteiger partial charge in [-0.05, 0) is 19.1 Å². The highest BCUT2D eigenvalue weighted by atomic mass is 16.6. The van der Waals surface area contributed by atoms with Crippen LogP contribution in [0.5, 0.6) is 0 Å². The number of benzene rings is 2. The van der Waals surface area contributed by atoms with Gasteiger partial charge in [0, 0.05) is 43.9 Å². The minimum atomic E-state index is -0.740. The van der Waals surface area contributed by atoms with Crippen molar-refractivity contribution in [3.05, 3.63) is 79.4 Å². The summed E-state index contributed by atoms with van der Waals surface area (Å²) in [6.07, 6.45) is 0. The molecule has 0 aliphatic carbocycles. The molecule has 0 spiro atoms. The van der Waals surface area contributed by atoms with Gasteiger partial charge < -0.3 is 9.80 Å². The molecule has 1 saturated heterocycles. The molecule has 1 aliphatic heterocycles. The molecule has 2 amide bonds. The fourth-order valence-corrected chi connectivity index (χ4v) is 3.25. The van der Waals surface area contributed by atoms with Gasteiger partial charge in [0.1, 0.15) is 5.56 Å². The summed E-state index contributed by atoms with van der Waals surface area (Å²) < 4.78 is 0. The van der Waals surface area contributed by atoms with Gasteiger partial charge in [0.05, 0.1) is 15.4 Å². The zero-order valence-electron chi connectivity index (χ0n) is 15.6. The number of amides is 2. The van der Waals surface area contributed by atoms with E-state index in [4.69, 9.17) is 0 Å². The third-order valence-corrected chi connectivity index (χ3v) is 4.87. The maximum Gasteiger partial charge on any atom is 0.279 e. The maximum absolute atomic E-state index is 12.8. The number of rotatable bonds is 4. The molecule has 0 aromatic heterocycles. The van der Waals surface area contributed by atoms with Crippen molar-refractivity contribution in [3.8, 4) is 0 Å². The van der Waals surface area contributed by atoms with E-state index in [0.717, 1.165) is 12.1 Å². The van der Waals surface area contributed by atoms with Crippen LogP contribution in [-0.4, -0.2) is 57.6 Å². The number of nitrogens with zero attached hydrogens (tertiary/aromatic N) is 4. The molecule has 0 atom stereocenters. The Labute approximate surface area is 165 Å². The normalized spacial score (nSPS) is 13.8. The lowest BCUT2D eigenvalue weighted by atomic mass is 10.1. The monoisotopic (exact) mass is 398 g/mol. The van der Waals surface area contributed by atoms with Crippen LogP contribution in [0.2, 0.25) is 0 Å². The Hall–Kier alpha value is -3.82. The molecule has 1 fully saturated rings. The molecule has 0 bridgehead atoms. The molecule has 0 saturated carbocycles. The van der Waals surface area contributed by atoms with Gasteiger partial charge in [-0.3, -0.25) is 29.8 Å². The first kappa shape index (κ1) is 19.9. The Morgan fingerprint density at radius 2 is 1.21 bits per heavy atom. The van der Waals surface area contributed by atoms with Crippen LogP contribution in [0, 0.1) is 27.2 Å². The first-order chi connectivity index (χ1) is 13.8. The van der Waals surface area contributed by atoms with Gasteiger partial charge in [0.15, 0.2) is 0 Å². The van der Waals surface area contributed by atoms with E-state index in [0.29, 0.717) is 18.7 Å². The van der Waals surface area contributed by atoms with Crippen molar-refractivity contribution in [2.75, 3.05) is 26.2 Å². The standard InChI is InChI=1S/C19H18N4O6/c1-13-16(22(26)27)11-15(12-17(13)23(28)29)19(25)21-9-7-20(8-10-21)18(24)14-5-3-2-4-6-14/h2-6,11-12H,7-10H2,1H3. The highest BCUT2D eigenvalue weighted by molar-refractivity contribution is 5.97. The molecule has 3 rings (SSSR count). The van der Waals surface area contributed by atoms with Crippen molar-refractivity contribution in [2.24, 2.45) is 0 Å². The van der Waals surface area contributed by atoms with Crippen molar-refractivity contribution in [1.29, 1.82) is 0 Å². The lowest BCUT2D eigenvalue weighted by Gasteiger charge is -2.34. The summed E-state index contributed by atoms with van der Waals surface area (Å²) in [5.74, 6) is -0.678. The minimum absolute atomic E-state index is 0.102. The van der Waals surface area contributed by atoms with Crippen LogP contribution < -0.4 is 0 Å². The van der Waals surface area contributed by atoms with E-state index in [-0.39, 0.29) is 30.1 Å². The van der Waals surface area contributed by atoms with E-state index < -0.39 is 27.1 Å². The summed E-state index contributed by atoms with van der Waals surface area (Å²) in [6.45, 7) is 2.34. The Bertz CT molecular complexity index is 948. The van der Waals surface area contributed by atoms with Gasteiger partial charge in [-0.25, -0.2) is 0 Å². The van der Waals surface area contributed by atoms with Crippen LogP contribution in [-0.2, 0) is 0 Å². The van der Waals surface area contributed by atoms with Crippen LogP contribution in [0.25, 0.3) is 0 Å². The van der Waals surface area contributed by atoms with Gasteiger partial charge in [-0.2, -0.15) is 0 Å². The van der Waals surface area contributed by atoms with E-state index in [1.165, 1.54) is 11.8 Å². The second kappa shape index (κ2) is 8.05. The second-order valence-corrected chi connectivity index (χ2v) is 6.60. The van der Waals surface area contributed by atoms with E-state index in [1.807, 2.05) is 6.07 Å². The SMILES string of the molecule is Cc1c([N+](=O)[O-])cc(C(=O)N2CCN(C(=O)c3ccccc3)CC2)cc1[N+](=O)[O-]. The molecule has 10 nitrogen and oxygen atoms in total. The lowest BCUT2D eigenvalue weighted by molar-refractivity contribution is -0.395. The molecule has 150 valence electrons. The molecule has 10 heteroatoms. The number of carbonyl (C=O) groups excluding carboxylic acids is 2. The van der Waals surface area contributed by atoms with Crippen molar-refractivity contribution in [1.82, 2.24) is 9.80 Å². The predicted molar refractivity (Wildman–Crippen MR) is 103 cm³/mol. The molecule has 0 unspecified atom stereocenters. The summed E-state index contributed by atoms with van der Waals surface area (Å²) in [4.78, 5) is 49.3. The molecule has 2 aromatic carbocycles. The fourth-order valence-electron chi connectivity index (χ4n) is 3.25. The average molecular weight is 398 g/mol. The number of nitro groups is 2. The molecular formula is C19H18N4O6. The lowest BCUT2D eigenvalue weighted by Crippen LogP contribution is -2.50. The van der Waals surface area contributed by atoms with Crippen molar-refractivity contribution < 1.29 is 19.4 Å². The third-order valence-electron chi connectivity index (χ3n) is 4.87. The van der Waals surface area contributed by atoms with Crippen LogP contribution >= 0.6 is 0 Å². The summed E-state index contributed by atoms with van der Waals surface area (Å²) >= 11 is 0. The zero-order chi connectivity index (χ0) is 21.1. The highest BCUT2D eigenvalue weighted by Crippen LogP contribution is 2.30. The summed E-state index contributed by atoms with van der Waals surface area (Å²) in [5.41, 5.74) is -0.607. The Morgan fingerprint density at radius 3 is 1.62 bits per heavy atom. The first-order valence-corrected chi connectivity index (χ1v) is 8.86. The van der Waals surface area contributed by atoms with Crippen molar-refractivity contribution in [2.45, 2.75) is 6.92 Å². The van der Waals surface area contributed by atoms with Gasteiger partial charge in [-0.15, -0.1) is 0 Å².